The molecule has 1 aliphatic heterocycles. The highest BCUT2D eigenvalue weighted by molar-refractivity contribution is 5.75. The van der Waals surface area contributed by atoms with Crippen LogP contribution >= 0.6 is 0 Å². The maximum Gasteiger partial charge on any atom is 0.309 e. The van der Waals surface area contributed by atoms with Crippen LogP contribution in [0.4, 0.5) is 0 Å². The average Bonchev–Trinajstić information content (AvgIpc) is 2.61. The molecule has 2 aromatic rings. The summed E-state index contributed by atoms with van der Waals surface area (Å²) in [6, 6.07) is 18.0. The Morgan fingerprint density at radius 3 is 2.61 bits per heavy atom. The fourth-order valence-electron chi connectivity index (χ4n) is 3.13. The molecule has 0 amide bonds. The number of methoxy groups -OCH3 is 1. The van der Waals surface area contributed by atoms with Crippen molar-refractivity contribution in [3.63, 3.8) is 0 Å². The second-order valence-electron chi connectivity index (χ2n) is 5.75. The topological polar surface area (TPSA) is 35.5 Å². The Morgan fingerprint density at radius 1 is 1.17 bits per heavy atom. The van der Waals surface area contributed by atoms with Crippen LogP contribution in [-0.4, -0.2) is 19.7 Å². The number of hydrogen-bond acceptors (Lipinski definition) is 3. The average molecular weight is 308 g/mol. The lowest BCUT2D eigenvalue weighted by Crippen LogP contribution is -2.28. The number of para-hydroxylation sites is 1. The molecule has 3 nitrogen and oxygen atoms in total. The minimum Gasteiger partial charge on any atom is -0.489 e. The monoisotopic (exact) mass is 308 g/mol. The molecule has 0 fully saturated rings. The van der Waals surface area contributed by atoms with Crippen LogP contribution in [-0.2, 0) is 9.53 Å². The number of carbonyl (C=O) groups excluding carboxylic acids is 1. The minimum absolute atomic E-state index is 0.0346. The molecule has 0 bridgehead atoms. The Morgan fingerprint density at radius 2 is 1.87 bits per heavy atom. The predicted molar refractivity (Wildman–Crippen MR) is 90.3 cm³/mol. The van der Waals surface area contributed by atoms with Crippen LogP contribution in [0.2, 0.25) is 0 Å². The van der Waals surface area contributed by atoms with E-state index in [-0.39, 0.29) is 17.8 Å². The maximum absolute atomic E-state index is 12.1. The summed E-state index contributed by atoms with van der Waals surface area (Å²) in [5.41, 5.74) is 3.24. The van der Waals surface area contributed by atoms with Gasteiger partial charge in [0.1, 0.15) is 12.4 Å². The maximum atomic E-state index is 12.1. The summed E-state index contributed by atoms with van der Waals surface area (Å²) in [6.45, 7) is 2.40. The number of carbonyl (C=O) groups is 1. The number of ether oxygens (including phenoxy) is 2. The van der Waals surface area contributed by atoms with E-state index in [2.05, 4.69) is 6.08 Å². The Kier molecular flexibility index (Phi) is 4.47. The third kappa shape index (κ3) is 3.14. The number of esters is 1. The summed E-state index contributed by atoms with van der Waals surface area (Å²) in [6.07, 6.45) is 2.11. The summed E-state index contributed by atoms with van der Waals surface area (Å²) in [5, 5.41) is 0. The van der Waals surface area contributed by atoms with E-state index in [9.17, 15) is 4.79 Å². The molecule has 2 unspecified atom stereocenters. The van der Waals surface area contributed by atoms with Gasteiger partial charge in [0, 0.05) is 11.5 Å². The first-order chi connectivity index (χ1) is 11.2. The van der Waals surface area contributed by atoms with E-state index in [4.69, 9.17) is 9.47 Å². The second-order valence-corrected chi connectivity index (χ2v) is 5.75. The van der Waals surface area contributed by atoms with Crippen LogP contribution in [0.15, 0.2) is 60.2 Å². The molecular formula is C20H20O3. The predicted octanol–water partition coefficient (Wildman–Crippen LogP) is 4.06. The second kappa shape index (κ2) is 6.69. The number of hydrogen-bond donors (Lipinski definition) is 0. The molecule has 2 atom stereocenters. The molecule has 0 N–H and O–H groups in total. The Hall–Kier alpha value is -2.55. The van der Waals surface area contributed by atoms with Crippen LogP contribution in [0, 0.1) is 5.92 Å². The molecule has 1 heterocycles. The molecule has 2 aromatic carbocycles. The summed E-state index contributed by atoms with van der Waals surface area (Å²) < 4.78 is 10.9. The summed E-state index contributed by atoms with van der Waals surface area (Å²) in [4.78, 5) is 12.1. The standard InChI is InChI=1S/C20H20O3/c1-14(20(21)22-2)19-16(12-15-8-4-3-5-9-15)13-23-18-11-7-6-10-17(18)19/h3-12,14,19H,13H2,1-2H3/b16-12+. The van der Waals surface area contributed by atoms with Gasteiger partial charge >= 0.3 is 5.97 Å². The van der Waals surface area contributed by atoms with Gasteiger partial charge in [-0.2, -0.15) is 0 Å². The molecule has 118 valence electrons. The van der Waals surface area contributed by atoms with Gasteiger partial charge in [-0.25, -0.2) is 0 Å². The van der Waals surface area contributed by atoms with Crippen LogP contribution in [0.25, 0.3) is 6.08 Å². The molecule has 1 aliphatic rings. The fraction of sp³-hybridized carbons (Fsp3) is 0.250. The third-order valence-corrected chi connectivity index (χ3v) is 4.27. The van der Waals surface area contributed by atoms with Crippen molar-refractivity contribution in [3.8, 4) is 5.75 Å². The van der Waals surface area contributed by atoms with E-state index in [1.54, 1.807) is 0 Å². The summed E-state index contributed by atoms with van der Waals surface area (Å²) in [7, 11) is 1.44. The van der Waals surface area contributed by atoms with Crippen molar-refractivity contribution in [2.45, 2.75) is 12.8 Å². The first-order valence-corrected chi connectivity index (χ1v) is 7.75. The van der Waals surface area contributed by atoms with Gasteiger partial charge in [0.2, 0.25) is 0 Å². The minimum atomic E-state index is -0.264. The van der Waals surface area contributed by atoms with Crippen LogP contribution < -0.4 is 4.74 Å². The Bertz CT molecular complexity index is 719. The van der Waals surface area contributed by atoms with Crippen LogP contribution in [0.3, 0.4) is 0 Å². The van der Waals surface area contributed by atoms with Gasteiger partial charge < -0.3 is 9.47 Å². The molecule has 23 heavy (non-hydrogen) atoms. The van der Waals surface area contributed by atoms with E-state index in [0.29, 0.717) is 6.61 Å². The van der Waals surface area contributed by atoms with E-state index in [0.717, 1.165) is 22.4 Å². The molecular weight excluding hydrogens is 288 g/mol. The number of fused-ring (bicyclic) bond motifs is 1. The quantitative estimate of drug-likeness (QED) is 0.802. The highest BCUT2D eigenvalue weighted by Gasteiger charge is 2.34. The summed E-state index contributed by atoms with van der Waals surface area (Å²) in [5.74, 6) is 0.344. The zero-order valence-electron chi connectivity index (χ0n) is 13.4. The zero-order valence-corrected chi connectivity index (χ0v) is 13.4. The molecule has 3 rings (SSSR count). The van der Waals surface area contributed by atoms with Gasteiger partial charge in [0.15, 0.2) is 0 Å². The smallest absolute Gasteiger partial charge is 0.309 e. The van der Waals surface area contributed by atoms with Crippen molar-refractivity contribution in [2.24, 2.45) is 5.92 Å². The lowest BCUT2D eigenvalue weighted by Gasteiger charge is -2.31. The van der Waals surface area contributed by atoms with E-state index >= 15 is 0 Å². The summed E-state index contributed by atoms with van der Waals surface area (Å²) >= 11 is 0. The van der Waals surface area contributed by atoms with Crippen LogP contribution in [0.1, 0.15) is 24.0 Å². The van der Waals surface area contributed by atoms with E-state index < -0.39 is 0 Å². The molecule has 0 radical (unpaired) electrons. The SMILES string of the molecule is COC(=O)C(C)C1/C(=C/c2ccccc2)COc2ccccc21. The molecule has 0 aromatic heterocycles. The van der Waals surface area contributed by atoms with Gasteiger partial charge in [0.25, 0.3) is 0 Å². The van der Waals surface area contributed by atoms with Crippen molar-refractivity contribution in [2.75, 3.05) is 13.7 Å². The van der Waals surface area contributed by atoms with Gasteiger partial charge in [-0.15, -0.1) is 0 Å². The molecule has 0 saturated heterocycles. The van der Waals surface area contributed by atoms with E-state index in [1.165, 1.54) is 7.11 Å². The third-order valence-electron chi connectivity index (χ3n) is 4.27. The van der Waals surface area contributed by atoms with Gasteiger partial charge in [-0.3, -0.25) is 4.79 Å². The lowest BCUT2D eigenvalue weighted by molar-refractivity contribution is -0.145. The first-order valence-electron chi connectivity index (χ1n) is 7.75. The fourth-order valence-corrected chi connectivity index (χ4v) is 3.13. The van der Waals surface area contributed by atoms with Crippen LogP contribution in [0.5, 0.6) is 5.75 Å². The lowest BCUT2D eigenvalue weighted by atomic mass is 9.79. The molecule has 0 spiro atoms. The molecule has 0 aliphatic carbocycles. The normalized spacial score (nSPS) is 19.6. The van der Waals surface area contributed by atoms with Crippen molar-refractivity contribution < 1.29 is 14.3 Å². The van der Waals surface area contributed by atoms with E-state index in [1.807, 2.05) is 61.5 Å². The number of rotatable bonds is 3. The molecule has 0 saturated carbocycles. The van der Waals surface area contributed by atoms with Crippen molar-refractivity contribution >= 4 is 12.0 Å². The van der Waals surface area contributed by atoms with Crippen molar-refractivity contribution in [1.29, 1.82) is 0 Å². The number of benzene rings is 2. The zero-order chi connectivity index (χ0) is 16.2. The van der Waals surface area contributed by atoms with Crippen molar-refractivity contribution in [3.05, 3.63) is 71.3 Å². The highest BCUT2D eigenvalue weighted by Crippen LogP contribution is 2.42. The van der Waals surface area contributed by atoms with Gasteiger partial charge in [-0.1, -0.05) is 61.5 Å². The van der Waals surface area contributed by atoms with Gasteiger partial charge in [0.05, 0.1) is 13.0 Å². The van der Waals surface area contributed by atoms with Gasteiger partial charge in [-0.05, 0) is 17.2 Å². The Balaban J connectivity index is 2.05. The first kappa shape index (κ1) is 15.3. The largest absolute Gasteiger partial charge is 0.489 e. The van der Waals surface area contributed by atoms with Crippen molar-refractivity contribution in [1.82, 2.24) is 0 Å². The molecule has 3 heteroatoms. The highest BCUT2D eigenvalue weighted by atomic mass is 16.5. The Labute approximate surface area is 136 Å².